The maximum absolute atomic E-state index is 12.3. The summed E-state index contributed by atoms with van der Waals surface area (Å²) in [6.07, 6.45) is 2.96. The van der Waals surface area contributed by atoms with Crippen molar-refractivity contribution in [2.24, 2.45) is 0 Å². The molecule has 0 amide bonds. The van der Waals surface area contributed by atoms with E-state index in [-0.39, 0.29) is 5.03 Å². The average molecular weight is 288 g/mol. The molecule has 0 radical (unpaired) electrons. The van der Waals surface area contributed by atoms with E-state index in [1.54, 1.807) is 31.3 Å². The van der Waals surface area contributed by atoms with Crippen LogP contribution in [-0.4, -0.2) is 23.4 Å². The van der Waals surface area contributed by atoms with Crippen molar-refractivity contribution in [1.82, 2.24) is 15.0 Å². The van der Waals surface area contributed by atoms with Gasteiger partial charge in [-0.3, -0.25) is 9.71 Å². The zero-order chi connectivity index (χ0) is 14.2. The van der Waals surface area contributed by atoms with Crippen molar-refractivity contribution >= 4 is 26.6 Å². The molecule has 102 valence electrons. The van der Waals surface area contributed by atoms with E-state index in [4.69, 9.17) is 0 Å². The van der Waals surface area contributed by atoms with Gasteiger partial charge in [0, 0.05) is 11.6 Å². The number of hydrogen-bond donors (Lipinski definition) is 2. The normalized spacial score (nSPS) is 11.7. The number of hydrogen-bond acceptors (Lipinski definition) is 4. The molecule has 0 aliphatic carbocycles. The lowest BCUT2D eigenvalue weighted by atomic mass is 10.2. The second-order valence-electron chi connectivity index (χ2n) is 4.31. The number of fused-ring (bicyclic) bond motifs is 1. The van der Waals surface area contributed by atoms with Crippen LogP contribution in [0.4, 0.5) is 5.69 Å². The van der Waals surface area contributed by atoms with Gasteiger partial charge in [-0.25, -0.2) is 4.98 Å². The van der Waals surface area contributed by atoms with E-state index >= 15 is 0 Å². The van der Waals surface area contributed by atoms with Crippen molar-refractivity contribution < 1.29 is 8.42 Å². The molecular formula is C13H12N4O2S. The van der Waals surface area contributed by atoms with E-state index < -0.39 is 10.0 Å². The van der Waals surface area contributed by atoms with Gasteiger partial charge in [-0.15, -0.1) is 0 Å². The molecule has 3 rings (SSSR count). The first-order valence-electron chi connectivity index (χ1n) is 5.94. The van der Waals surface area contributed by atoms with Crippen LogP contribution >= 0.6 is 0 Å². The molecule has 6 nitrogen and oxygen atoms in total. The smallest absolute Gasteiger partial charge is 0.279 e. The summed E-state index contributed by atoms with van der Waals surface area (Å²) in [5.41, 5.74) is 1.22. The van der Waals surface area contributed by atoms with Crippen molar-refractivity contribution in [3.05, 3.63) is 48.5 Å². The van der Waals surface area contributed by atoms with Crippen LogP contribution in [0.5, 0.6) is 0 Å². The van der Waals surface area contributed by atoms with Crippen molar-refractivity contribution in [2.75, 3.05) is 4.72 Å². The van der Waals surface area contributed by atoms with E-state index in [9.17, 15) is 8.42 Å². The molecule has 0 atom stereocenters. The Balaban J connectivity index is 2.05. The summed E-state index contributed by atoms with van der Waals surface area (Å²) in [6.45, 7) is 1.70. The van der Waals surface area contributed by atoms with Gasteiger partial charge in [0.05, 0.1) is 17.4 Å². The van der Waals surface area contributed by atoms with Crippen LogP contribution in [0.2, 0.25) is 0 Å². The van der Waals surface area contributed by atoms with E-state index in [2.05, 4.69) is 19.7 Å². The number of aryl methyl sites for hydroxylation is 1. The number of rotatable bonds is 3. The van der Waals surface area contributed by atoms with Gasteiger partial charge < -0.3 is 4.98 Å². The summed E-state index contributed by atoms with van der Waals surface area (Å²) in [6, 6.07) is 8.86. The topological polar surface area (TPSA) is 87.7 Å². The van der Waals surface area contributed by atoms with Crippen molar-refractivity contribution in [1.29, 1.82) is 0 Å². The van der Waals surface area contributed by atoms with Crippen LogP contribution in [-0.2, 0) is 10.0 Å². The standard InChI is InChI=1S/C13H12N4O2S/c1-9-15-8-13(16-9)20(18,19)17-12-6-2-5-11-10(12)4-3-7-14-11/h2-8,17H,1H3,(H,15,16). The van der Waals surface area contributed by atoms with Gasteiger partial charge in [0.2, 0.25) is 0 Å². The number of pyridine rings is 1. The first-order valence-corrected chi connectivity index (χ1v) is 7.43. The number of nitrogens with zero attached hydrogens (tertiary/aromatic N) is 2. The minimum Gasteiger partial charge on any atom is -0.332 e. The fourth-order valence-electron chi connectivity index (χ4n) is 1.93. The van der Waals surface area contributed by atoms with Gasteiger partial charge in [0.1, 0.15) is 5.82 Å². The Bertz CT molecular complexity index is 865. The second kappa shape index (κ2) is 4.61. The highest BCUT2D eigenvalue weighted by Gasteiger charge is 2.17. The van der Waals surface area contributed by atoms with E-state index in [0.717, 1.165) is 10.9 Å². The fraction of sp³-hybridized carbons (Fsp3) is 0.0769. The lowest BCUT2D eigenvalue weighted by Gasteiger charge is -2.08. The molecule has 0 fully saturated rings. The number of H-pyrrole nitrogens is 1. The summed E-state index contributed by atoms with van der Waals surface area (Å²) in [5.74, 6) is 0.546. The van der Waals surface area contributed by atoms with Crippen LogP contribution < -0.4 is 4.72 Å². The second-order valence-corrected chi connectivity index (χ2v) is 5.96. The molecule has 7 heteroatoms. The number of sulfonamides is 1. The molecular weight excluding hydrogens is 276 g/mol. The minimum absolute atomic E-state index is 0.0379. The Hall–Kier alpha value is -2.41. The zero-order valence-electron chi connectivity index (χ0n) is 10.7. The predicted octanol–water partition coefficient (Wildman–Crippen LogP) is 2.07. The Morgan fingerprint density at radius 3 is 2.75 bits per heavy atom. The molecule has 2 heterocycles. The number of nitrogens with one attached hydrogen (secondary N) is 2. The molecule has 0 saturated heterocycles. The predicted molar refractivity (Wildman–Crippen MR) is 75.9 cm³/mol. The third kappa shape index (κ3) is 2.23. The molecule has 0 aliphatic rings. The lowest BCUT2D eigenvalue weighted by molar-refractivity contribution is 0.598. The van der Waals surface area contributed by atoms with Gasteiger partial charge in [-0.05, 0) is 31.2 Å². The van der Waals surface area contributed by atoms with E-state index in [1.807, 2.05) is 12.1 Å². The SMILES string of the molecule is Cc1ncc(S(=O)(=O)Nc2cccc3ncccc23)[nH]1. The number of imidazole rings is 1. The zero-order valence-corrected chi connectivity index (χ0v) is 11.5. The maximum atomic E-state index is 12.3. The first-order chi connectivity index (χ1) is 9.56. The summed E-state index contributed by atoms with van der Waals surface area (Å²) >= 11 is 0. The quantitative estimate of drug-likeness (QED) is 0.772. The highest BCUT2D eigenvalue weighted by atomic mass is 32.2. The van der Waals surface area contributed by atoms with E-state index in [0.29, 0.717) is 11.5 Å². The first kappa shape index (κ1) is 12.6. The van der Waals surface area contributed by atoms with Gasteiger partial charge >= 0.3 is 0 Å². The van der Waals surface area contributed by atoms with Crippen LogP contribution in [0.3, 0.4) is 0 Å². The Morgan fingerprint density at radius 1 is 1.15 bits per heavy atom. The molecule has 0 unspecified atom stereocenters. The van der Waals surface area contributed by atoms with Crippen LogP contribution in [0.15, 0.2) is 47.8 Å². The Morgan fingerprint density at radius 2 is 2.00 bits per heavy atom. The van der Waals surface area contributed by atoms with Crippen molar-refractivity contribution in [3.63, 3.8) is 0 Å². The monoisotopic (exact) mass is 288 g/mol. The van der Waals surface area contributed by atoms with Gasteiger partial charge in [-0.2, -0.15) is 8.42 Å². The van der Waals surface area contributed by atoms with Crippen molar-refractivity contribution in [3.8, 4) is 0 Å². The van der Waals surface area contributed by atoms with Gasteiger partial charge in [0.15, 0.2) is 5.03 Å². The Labute approximate surface area is 115 Å². The van der Waals surface area contributed by atoms with E-state index in [1.165, 1.54) is 6.20 Å². The number of benzene rings is 1. The highest BCUT2D eigenvalue weighted by molar-refractivity contribution is 7.92. The highest BCUT2D eigenvalue weighted by Crippen LogP contribution is 2.23. The molecule has 0 bridgehead atoms. The van der Waals surface area contributed by atoms with Gasteiger partial charge in [0.25, 0.3) is 10.0 Å². The Kier molecular flexibility index (Phi) is 2.90. The van der Waals surface area contributed by atoms with Gasteiger partial charge in [-0.1, -0.05) is 6.07 Å². The molecule has 2 N–H and O–H groups in total. The van der Waals surface area contributed by atoms with Crippen LogP contribution in [0, 0.1) is 6.92 Å². The number of aromatic nitrogens is 3. The minimum atomic E-state index is -3.68. The number of anilines is 1. The summed E-state index contributed by atoms with van der Waals surface area (Å²) in [7, 11) is -3.68. The average Bonchev–Trinajstić information content (AvgIpc) is 2.86. The third-order valence-electron chi connectivity index (χ3n) is 2.86. The summed E-state index contributed by atoms with van der Waals surface area (Å²) in [5, 5.41) is 0.783. The molecule has 2 aromatic heterocycles. The third-order valence-corrected chi connectivity index (χ3v) is 4.13. The number of aromatic amines is 1. The molecule has 0 spiro atoms. The fourth-order valence-corrected chi connectivity index (χ4v) is 2.98. The largest absolute Gasteiger partial charge is 0.332 e. The molecule has 1 aromatic carbocycles. The molecule has 3 aromatic rings. The summed E-state index contributed by atoms with van der Waals surface area (Å²) in [4.78, 5) is 10.8. The maximum Gasteiger partial charge on any atom is 0.279 e. The lowest BCUT2D eigenvalue weighted by Crippen LogP contribution is -2.13. The molecule has 0 saturated carbocycles. The molecule has 20 heavy (non-hydrogen) atoms. The van der Waals surface area contributed by atoms with Crippen LogP contribution in [0.1, 0.15) is 5.82 Å². The summed E-state index contributed by atoms with van der Waals surface area (Å²) < 4.78 is 27.1. The molecule has 0 aliphatic heterocycles. The van der Waals surface area contributed by atoms with Crippen LogP contribution in [0.25, 0.3) is 10.9 Å². The van der Waals surface area contributed by atoms with Crippen molar-refractivity contribution in [2.45, 2.75) is 11.9 Å².